The molecule has 3 aromatic rings. The highest BCUT2D eigenvalue weighted by Crippen LogP contribution is 2.32. The number of fused-ring (bicyclic) bond motifs is 1. The fourth-order valence-electron chi connectivity index (χ4n) is 2.96. The van der Waals surface area contributed by atoms with Crippen molar-refractivity contribution in [3.8, 4) is 5.69 Å². The maximum atomic E-state index is 4.34. The summed E-state index contributed by atoms with van der Waals surface area (Å²) in [4.78, 5) is 4.34. The number of hydrogen-bond acceptors (Lipinski definition) is 1. The standard InChI is InChI=1S/C21H21BrN2/c1-4-6-8-17-18-14-23-12-11-21(18)24(20(17)7-5-2)16-9-10-19(22)15(3)13-16/h5-14H,4H2,1-3H3/b7-5-,8-6+. The van der Waals surface area contributed by atoms with Crippen LogP contribution in [0.2, 0.25) is 0 Å². The summed E-state index contributed by atoms with van der Waals surface area (Å²) in [6.45, 7) is 6.33. The van der Waals surface area contributed by atoms with E-state index >= 15 is 0 Å². The van der Waals surface area contributed by atoms with Gasteiger partial charge < -0.3 is 4.57 Å². The molecule has 0 spiro atoms. The van der Waals surface area contributed by atoms with E-state index in [-0.39, 0.29) is 0 Å². The number of aryl methyl sites for hydroxylation is 1. The zero-order valence-corrected chi connectivity index (χ0v) is 15.8. The minimum atomic E-state index is 1.01. The first-order valence-electron chi connectivity index (χ1n) is 8.21. The van der Waals surface area contributed by atoms with E-state index in [4.69, 9.17) is 0 Å². The number of aromatic nitrogens is 2. The van der Waals surface area contributed by atoms with Crippen molar-refractivity contribution >= 4 is 39.0 Å². The maximum Gasteiger partial charge on any atom is 0.0571 e. The van der Waals surface area contributed by atoms with Gasteiger partial charge in [0.1, 0.15) is 0 Å². The first-order valence-corrected chi connectivity index (χ1v) is 9.00. The Balaban J connectivity index is 2.39. The maximum absolute atomic E-state index is 4.34. The van der Waals surface area contributed by atoms with E-state index in [9.17, 15) is 0 Å². The molecule has 0 atom stereocenters. The van der Waals surface area contributed by atoms with Crippen molar-refractivity contribution in [2.45, 2.75) is 27.2 Å². The molecule has 0 N–H and O–H groups in total. The van der Waals surface area contributed by atoms with Crippen LogP contribution in [0.4, 0.5) is 0 Å². The van der Waals surface area contributed by atoms with Crippen LogP contribution in [0.15, 0.2) is 53.3 Å². The lowest BCUT2D eigenvalue weighted by molar-refractivity contribution is 1.09. The van der Waals surface area contributed by atoms with Gasteiger partial charge in [0.25, 0.3) is 0 Å². The molecule has 2 aromatic heterocycles. The summed E-state index contributed by atoms with van der Waals surface area (Å²) in [7, 11) is 0. The molecular formula is C21H21BrN2. The third kappa shape index (κ3) is 2.96. The second kappa shape index (κ2) is 7.18. The van der Waals surface area contributed by atoms with Crippen LogP contribution in [0.3, 0.4) is 0 Å². The number of halogens is 1. The quantitative estimate of drug-likeness (QED) is 0.501. The van der Waals surface area contributed by atoms with Gasteiger partial charge in [0.2, 0.25) is 0 Å². The molecule has 24 heavy (non-hydrogen) atoms. The average Bonchev–Trinajstić information content (AvgIpc) is 2.89. The minimum Gasteiger partial charge on any atom is -0.309 e. The van der Waals surface area contributed by atoms with Crippen LogP contribution >= 0.6 is 15.9 Å². The zero-order valence-electron chi connectivity index (χ0n) is 14.3. The normalized spacial score (nSPS) is 12.0. The number of nitrogens with zero attached hydrogens (tertiary/aromatic N) is 2. The summed E-state index contributed by atoms with van der Waals surface area (Å²) in [6, 6.07) is 8.56. The van der Waals surface area contributed by atoms with Crippen LogP contribution in [-0.2, 0) is 0 Å². The molecule has 2 nitrogen and oxygen atoms in total. The van der Waals surface area contributed by atoms with Crippen LogP contribution in [0.25, 0.3) is 28.7 Å². The summed E-state index contributed by atoms with van der Waals surface area (Å²) in [5.74, 6) is 0. The van der Waals surface area contributed by atoms with Crippen molar-refractivity contribution in [2.75, 3.05) is 0 Å². The lowest BCUT2D eigenvalue weighted by Crippen LogP contribution is -1.98. The highest BCUT2D eigenvalue weighted by atomic mass is 79.9. The van der Waals surface area contributed by atoms with Gasteiger partial charge in [-0.3, -0.25) is 4.98 Å². The zero-order chi connectivity index (χ0) is 17.1. The van der Waals surface area contributed by atoms with Gasteiger partial charge in [-0.15, -0.1) is 0 Å². The van der Waals surface area contributed by atoms with Gasteiger partial charge >= 0.3 is 0 Å². The highest BCUT2D eigenvalue weighted by molar-refractivity contribution is 9.10. The summed E-state index contributed by atoms with van der Waals surface area (Å²) < 4.78 is 3.44. The smallest absolute Gasteiger partial charge is 0.0571 e. The van der Waals surface area contributed by atoms with Gasteiger partial charge in [-0.25, -0.2) is 0 Å². The second-order valence-corrected chi connectivity index (χ2v) is 6.63. The molecule has 3 rings (SSSR count). The molecule has 0 bridgehead atoms. The van der Waals surface area contributed by atoms with Crippen LogP contribution in [0.5, 0.6) is 0 Å². The predicted octanol–water partition coefficient (Wildman–Crippen LogP) is 6.55. The number of pyridine rings is 1. The number of allylic oxidation sites excluding steroid dienone is 2. The lowest BCUT2D eigenvalue weighted by Gasteiger charge is -2.11. The second-order valence-electron chi connectivity index (χ2n) is 5.77. The Hall–Kier alpha value is -2.13. The van der Waals surface area contributed by atoms with Gasteiger partial charge in [-0.05, 0) is 56.2 Å². The Morgan fingerprint density at radius 2 is 2.04 bits per heavy atom. The average molecular weight is 381 g/mol. The van der Waals surface area contributed by atoms with E-state index in [1.807, 2.05) is 12.4 Å². The molecule has 0 saturated heterocycles. The summed E-state index contributed by atoms with van der Waals surface area (Å²) >= 11 is 3.60. The Morgan fingerprint density at radius 3 is 2.75 bits per heavy atom. The molecule has 0 aliphatic rings. The summed E-state index contributed by atoms with van der Waals surface area (Å²) in [6.07, 6.45) is 13.5. The van der Waals surface area contributed by atoms with E-state index in [1.165, 1.54) is 27.7 Å². The summed E-state index contributed by atoms with van der Waals surface area (Å²) in [5, 5.41) is 1.18. The van der Waals surface area contributed by atoms with Gasteiger partial charge in [0.05, 0.1) is 11.2 Å². The first-order chi connectivity index (χ1) is 11.7. The first kappa shape index (κ1) is 16.7. The van der Waals surface area contributed by atoms with Gasteiger partial charge in [0.15, 0.2) is 0 Å². The molecule has 0 saturated carbocycles. The minimum absolute atomic E-state index is 1.01. The van der Waals surface area contributed by atoms with E-state index in [1.54, 1.807) is 0 Å². The molecule has 1 aromatic carbocycles. The number of rotatable bonds is 4. The van der Waals surface area contributed by atoms with E-state index < -0.39 is 0 Å². The van der Waals surface area contributed by atoms with Crippen molar-refractivity contribution in [1.82, 2.24) is 9.55 Å². The molecular weight excluding hydrogens is 360 g/mol. The van der Waals surface area contributed by atoms with Crippen LogP contribution in [0.1, 0.15) is 37.1 Å². The predicted molar refractivity (Wildman–Crippen MR) is 108 cm³/mol. The van der Waals surface area contributed by atoms with Crippen molar-refractivity contribution in [3.05, 3.63) is 70.1 Å². The summed E-state index contributed by atoms with van der Waals surface area (Å²) in [5.41, 5.74) is 5.97. The number of hydrogen-bond donors (Lipinski definition) is 0. The van der Waals surface area contributed by atoms with Gasteiger partial charge in [-0.1, -0.05) is 41.1 Å². The lowest BCUT2D eigenvalue weighted by atomic mass is 10.1. The van der Waals surface area contributed by atoms with E-state index in [2.05, 4.69) is 94.8 Å². The van der Waals surface area contributed by atoms with E-state index in [0.717, 1.165) is 16.6 Å². The van der Waals surface area contributed by atoms with Gasteiger partial charge in [-0.2, -0.15) is 0 Å². The van der Waals surface area contributed by atoms with Crippen molar-refractivity contribution < 1.29 is 0 Å². The highest BCUT2D eigenvalue weighted by Gasteiger charge is 2.15. The Morgan fingerprint density at radius 1 is 1.21 bits per heavy atom. The SMILES string of the molecule is C/C=C\c1c(/C=C/CC)c2cnccc2n1-c1ccc(Br)c(C)c1. The Labute approximate surface area is 151 Å². The van der Waals surface area contributed by atoms with Crippen molar-refractivity contribution in [3.63, 3.8) is 0 Å². The molecule has 2 heterocycles. The topological polar surface area (TPSA) is 17.8 Å². The fraction of sp³-hybridized carbons (Fsp3) is 0.190. The van der Waals surface area contributed by atoms with Gasteiger partial charge in [0, 0.05) is 33.5 Å². The van der Waals surface area contributed by atoms with Crippen molar-refractivity contribution in [2.24, 2.45) is 0 Å². The Kier molecular flexibility index (Phi) is 5.00. The fourth-order valence-corrected chi connectivity index (χ4v) is 3.20. The molecule has 3 heteroatoms. The molecule has 0 radical (unpaired) electrons. The molecule has 0 unspecified atom stereocenters. The van der Waals surface area contributed by atoms with Crippen LogP contribution in [0, 0.1) is 6.92 Å². The largest absolute Gasteiger partial charge is 0.309 e. The van der Waals surface area contributed by atoms with E-state index in [0.29, 0.717) is 0 Å². The van der Waals surface area contributed by atoms with Crippen LogP contribution < -0.4 is 0 Å². The molecule has 122 valence electrons. The third-order valence-corrected chi connectivity index (χ3v) is 4.98. The molecule has 0 aliphatic carbocycles. The molecule has 0 fully saturated rings. The van der Waals surface area contributed by atoms with Crippen LogP contribution in [-0.4, -0.2) is 9.55 Å². The number of benzene rings is 1. The Bertz CT molecular complexity index is 932. The monoisotopic (exact) mass is 380 g/mol. The van der Waals surface area contributed by atoms with Crippen molar-refractivity contribution in [1.29, 1.82) is 0 Å². The molecule has 0 amide bonds. The third-order valence-electron chi connectivity index (χ3n) is 4.09. The molecule has 0 aliphatic heterocycles.